The van der Waals surface area contributed by atoms with Crippen molar-refractivity contribution in [2.45, 2.75) is 40.0 Å². The van der Waals surface area contributed by atoms with Crippen LogP contribution < -0.4 is 40.2 Å². The van der Waals surface area contributed by atoms with Crippen LogP contribution in [-0.4, -0.2) is 12.3 Å². The van der Waals surface area contributed by atoms with Crippen LogP contribution in [0.15, 0.2) is 194 Å². The fraction of sp³-hybridized carbons (Fsp3) is 0.111. The summed E-state index contributed by atoms with van der Waals surface area (Å²) in [6.45, 7) is 8.24. The number of rotatable bonds is 17. The van der Waals surface area contributed by atoms with Crippen molar-refractivity contribution in [2.24, 2.45) is 0 Å². The molecule has 8 aromatic carbocycles. The van der Waals surface area contributed by atoms with Crippen LogP contribution in [0.1, 0.15) is 22.3 Å². The molecule has 8 nitrogen and oxygen atoms in total. The molecule has 8 heteroatoms. The molecule has 0 aliphatic carbocycles. The molecule has 0 aliphatic heterocycles. The van der Waals surface area contributed by atoms with Crippen LogP contribution in [0, 0.1) is 27.7 Å². The summed E-state index contributed by atoms with van der Waals surface area (Å²) in [7, 11) is 0. The second kappa shape index (κ2) is 19.5. The average Bonchev–Trinajstić information content (AvgIpc) is 3.29. The number of benzene rings is 8. The molecule has 0 radical (unpaired) electrons. The highest BCUT2D eigenvalue weighted by molar-refractivity contribution is 5.58. The molecule has 0 saturated heterocycles. The lowest BCUT2D eigenvalue weighted by Gasteiger charge is -2.33. The van der Waals surface area contributed by atoms with E-state index in [-0.39, 0.29) is 0 Å². The molecule has 0 aromatic heterocycles. The molecule has 0 unspecified atom stereocenters. The van der Waals surface area contributed by atoms with Crippen molar-refractivity contribution in [3.63, 3.8) is 0 Å². The number of anilines is 4. The van der Waals surface area contributed by atoms with Crippen LogP contribution in [-0.2, 0) is 0 Å². The first kappa shape index (κ1) is 40.9. The van der Waals surface area contributed by atoms with Gasteiger partial charge in [0.05, 0.1) is 0 Å². The Balaban J connectivity index is 1.07. The highest BCUT2D eigenvalue weighted by Crippen LogP contribution is 2.30. The summed E-state index contributed by atoms with van der Waals surface area (Å²) >= 11 is 0. The van der Waals surface area contributed by atoms with Gasteiger partial charge in [0.1, 0.15) is 58.3 Å². The maximum Gasteiger partial charge on any atom is 0.136 e. The Morgan fingerprint density at radius 2 is 0.371 bits per heavy atom. The van der Waals surface area contributed by atoms with E-state index in [0.29, 0.717) is 0 Å². The molecule has 0 amide bonds. The molecule has 8 rings (SSSR count). The Morgan fingerprint density at radius 1 is 0.226 bits per heavy atom. The number of aryl methyl sites for hydroxylation is 4. The molecule has 4 N–H and O–H groups in total. The predicted molar refractivity (Wildman–Crippen MR) is 253 cm³/mol. The van der Waals surface area contributed by atoms with E-state index in [1.54, 1.807) is 0 Å². The minimum Gasteiger partial charge on any atom is -0.457 e. The molecule has 0 atom stereocenters. The lowest BCUT2D eigenvalue weighted by atomic mass is 10.2. The Morgan fingerprint density at radius 3 is 0.532 bits per heavy atom. The van der Waals surface area contributed by atoms with Crippen molar-refractivity contribution < 1.29 is 18.9 Å². The van der Waals surface area contributed by atoms with Gasteiger partial charge in [0.25, 0.3) is 0 Å². The number of ether oxygens (including phenoxy) is 4. The van der Waals surface area contributed by atoms with Gasteiger partial charge in [-0.1, -0.05) is 70.8 Å². The second-order valence-corrected chi connectivity index (χ2v) is 15.3. The summed E-state index contributed by atoms with van der Waals surface area (Å²) in [5, 5.41) is 15.0. The van der Waals surface area contributed by atoms with Gasteiger partial charge < -0.3 is 40.2 Å². The Bertz CT molecular complexity index is 2240. The Kier molecular flexibility index (Phi) is 12.9. The van der Waals surface area contributed by atoms with Crippen molar-refractivity contribution in [1.29, 1.82) is 0 Å². The molecule has 310 valence electrons. The largest absolute Gasteiger partial charge is 0.457 e. The fourth-order valence-corrected chi connectivity index (χ4v) is 6.57. The molecule has 0 bridgehead atoms. The first-order valence-corrected chi connectivity index (χ1v) is 20.7. The third kappa shape index (κ3) is 11.7. The standard InChI is InChI=1S/C54H50N4O4/c1-37-5-21-45(22-6-37)59-49-29-13-41(14-30-49)55-53(56-42-15-31-50(32-16-42)60-46-23-7-38(2)8-24-46)54(57-43-17-33-51(34-18-43)61-47-25-9-39(3)10-26-47)58-44-19-35-52(36-20-44)62-48-27-11-40(4)12-28-48/h5-36,53-58H,1-4H3. The van der Waals surface area contributed by atoms with E-state index in [0.717, 1.165) is 68.7 Å². The van der Waals surface area contributed by atoms with Gasteiger partial charge in [-0.05, 0) is 173 Å². The van der Waals surface area contributed by atoms with Crippen LogP contribution in [0.2, 0.25) is 0 Å². The van der Waals surface area contributed by atoms with Crippen molar-refractivity contribution in [3.05, 3.63) is 216 Å². The van der Waals surface area contributed by atoms with Gasteiger partial charge in [0.2, 0.25) is 0 Å². The zero-order valence-corrected chi connectivity index (χ0v) is 35.3. The summed E-state index contributed by atoms with van der Waals surface area (Å²) in [5.74, 6) is 6.08. The van der Waals surface area contributed by atoms with Crippen molar-refractivity contribution in [1.82, 2.24) is 0 Å². The SMILES string of the molecule is Cc1ccc(Oc2ccc(NC(Nc3ccc(Oc4ccc(C)cc4)cc3)C(Nc3ccc(Oc4ccc(C)cc4)cc3)Nc3ccc(Oc4ccc(C)cc4)cc3)cc2)cc1. The quantitative estimate of drug-likeness (QED) is 0.0676. The summed E-state index contributed by atoms with van der Waals surface area (Å²) in [4.78, 5) is 0. The molecule has 8 aromatic rings. The minimum atomic E-state index is -0.422. The van der Waals surface area contributed by atoms with Gasteiger partial charge in [-0.2, -0.15) is 0 Å². The lowest BCUT2D eigenvalue weighted by Crippen LogP contribution is -2.49. The van der Waals surface area contributed by atoms with E-state index < -0.39 is 12.3 Å². The molecule has 0 aliphatic rings. The van der Waals surface area contributed by atoms with E-state index in [1.165, 1.54) is 22.3 Å². The summed E-state index contributed by atoms with van der Waals surface area (Å²) < 4.78 is 24.6. The smallest absolute Gasteiger partial charge is 0.136 e. The fourth-order valence-electron chi connectivity index (χ4n) is 6.57. The van der Waals surface area contributed by atoms with E-state index >= 15 is 0 Å². The maximum atomic E-state index is 6.16. The van der Waals surface area contributed by atoms with E-state index in [4.69, 9.17) is 18.9 Å². The molecule has 0 fully saturated rings. The maximum absolute atomic E-state index is 6.16. The molecular weight excluding hydrogens is 769 g/mol. The Labute approximate surface area is 364 Å². The average molecular weight is 819 g/mol. The number of hydrogen-bond acceptors (Lipinski definition) is 8. The van der Waals surface area contributed by atoms with Gasteiger partial charge in [0.15, 0.2) is 0 Å². The van der Waals surface area contributed by atoms with E-state index in [1.807, 2.05) is 194 Å². The first-order valence-electron chi connectivity index (χ1n) is 20.7. The highest BCUT2D eigenvalue weighted by atomic mass is 16.5. The normalized spacial score (nSPS) is 10.9. The third-order valence-corrected chi connectivity index (χ3v) is 10.1. The van der Waals surface area contributed by atoms with Gasteiger partial charge >= 0.3 is 0 Å². The predicted octanol–water partition coefficient (Wildman–Crippen LogP) is 14.5. The zero-order chi connectivity index (χ0) is 42.7. The summed E-state index contributed by atoms with van der Waals surface area (Å²) in [6.07, 6.45) is -0.843. The van der Waals surface area contributed by atoms with Crippen molar-refractivity contribution in [3.8, 4) is 46.0 Å². The van der Waals surface area contributed by atoms with Crippen molar-refractivity contribution in [2.75, 3.05) is 21.3 Å². The highest BCUT2D eigenvalue weighted by Gasteiger charge is 2.23. The van der Waals surface area contributed by atoms with Gasteiger partial charge in [-0.15, -0.1) is 0 Å². The van der Waals surface area contributed by atoms with Crippen molar-refractivity contribution >= 4 is 22.7 Å². The number of nitrogens with one attached hydrogen (secondary N) is 4. The molecular formula is C54H50N4O4. The summed E-state index contributed by atoms with van der Waals surface area (Å²) in [5.41, 5.74) is 8.26. The topological polar surface area (TPSA) is 85.0 Å². The van der Waals surface area contributed by atoms with Gasteiger partial charge in [-0.25, -0.2) is 0 Å². The minimum absolute atomic E-state index is 0.422. The second-order valence-electron chi connectivity index (χ2n) is 15.3. The van der Waals surface area contributed by atoms with Gasteiger partial charge in [-0.3, -0.25) is 0 Å². The van der Waals surface area contributed by atoms with Crippen LogP contribution in [0.3, 0.4) is 0 Å². The zero-order valence-electron chi connectivity index (χ0n) is 35.3. The van der Waals surface area contributed by atoms with E-state index in [9.17, 15) is 0 Å². The number of hydrogen-bond donors (Lipinski definition) is 4. The van der Waals surface area contributed by atoms with Crippen LogP contribution in [0.5, 0.6) is 46.0 Å². The van der Waals surface area contributed by atoms with E-state index in [2.05, 4.69) is 49.0 Å². The van der Waals surface area contributed by atoms with Crippen LogP contribution >= 0.6 is 0 Å². The lowest BCUT2D eigenvalue weighted by molar-refractivity contribution is 0.482. The van der Waals surface area contributed by atoms with Crippen LogP contribution in [0.25, 0.3) is 0 Å². The first-order chi connectivity index (χ1) is 30.2. The molecule has 0 saturated carbocycles. The molecule has 62 heavy (non-hydrogen) atoms. The third-order valence-electron chi connectivity index (χ3n) is 10.1. The van der Waals surface area contributed by atoms with Crippen LogP contribution in [0.4, 0.5) is 22.7 Å². The van der Waals surface area contributed by atoms with Gasteiger partial charge in [0, 0.05) is 22.7 Å². The monoisotopic (exact) mass is 818 g/mol. The Hall–Kier alpha value is -7.84. The summed E-state index contributed by atoms with van der Waals surface area (Å²) in [6, 6.07) is 64.0. The molecule has 0 spiro atoms. The molecule has 0 heterocycles.